The molecule has 2 aliphatic heterocycles. The van der Waals surface area contributed by atoms with E-state index < -0.39 is 5.41 Å². The minimum Gasteiger partial charge on any atom is -0.275 e. The molecule has 0 saturated carbocycles. The number of hydrogen-bond acceptors (Lipinski definition) is 5. The van der Waals surface area contributed by atoms with Crippen molar-refractivity contribution >= 4 is 34.9 Å². The van der Waals surface area contributed by atoms with Gasteiger partial charge in [0.1, 0.15) is 5.01 Å². The quantitative estimate of drug-likeness (QED) is 0.785. The summed E-state index contributed by atoms with van der Waals surface area (Å²) in [5, 5.41) is 2.88. The van der Waals surface area contributed by atoms with Gasteiger partial charge in [0.2, 0.25) is 11.8 Å². The van der Waals surface area contributed by atoms with Gasteiger partial charge in [0, 0.05) is 23.0 Å². The summed E-state index contributed by atoms with van der Waals surface area (Å²) in [7, 11) is 0. The third-order valence-corrected chi connectivity index (χ3v) is 6.29. The molecule has 114 valence electrons. The average molecular weight is 324 g/mol. The molecule has 0 N–H and O–H groups in total. The molecule has 0 aromatic carbocycles. The van der Waals surface area contributed by atoms with E-state index in [1.54, 1.807) is 11.8 Å². The molecule has 0 unspecified atom stereocenters. The van der Waals surface area contributed by atoms with E-state index in [9.17, 15) is 9.59 Å². The van der Waals surface area contributed by atoms with E-state index in [1.165, 1.54) is 16.2 Å². The number of imide groups is 1. The zero-order valence-corrected chi connectivity index (χ0v) is 14.3. The van der Waals surface area contributed by atoms with E-state index in [-0.39, 0.29) is 17.2 Å². The molecule has 6 heteroatoms. The fraction of sp³-hybridized carbons (Fsp3) is 0.667. The Morgan fingerprint density at radius 2 is 2.14 bits per heavy atom. The van der Waals surface area contributed by atoms with Gasteiger partial charge < -0.3 is 0 Å². The van der Waals surface area contributed by atoms with Crippen LogP contribution in [0.15, 0.2) is 5.38 Å². The molecule has 4 nitrogen and oxygen atoms in total. The van der Waals surface area contributed by atoms with Gasteiger partial charge in [-0.3, -0.25) is 14.5 Å². The van der Waals surface area contributed by atoms with Crippen molar-refractivity contribution in [1.29, 1.82) is 0 Å². The van der Waals surface area contributed by atoms with Crippen molar-refractivity contribution < 1.29 is 9.59 Å². The van der Waals surface area contributed by atoms with E-state index in [0.717, 1.165) is 28.6 Å². The van der Waals surface area contributed by atoms with Crippen LogP contribution in [0.2, 0.25) is 0 Å². The molecule has 0 bridgehead atoms. The summed E-state index contributed by atoms with van der Waals surface area (Å²) >= 11 is 3.31. The second-order valence-electron chi connectivity index (χ2n) is 6.92. The van der Waals surface area contributed by atoms with E-state index in [4.69, 9.17) is 0 Å². The lowest BCUT2D eigenvalue weighted by Gasteiger charge is -2.19. The highest BCUT2D eigenvalue weighted by molar-refractivity contribution is 7.99. The Kier molecular flexibility index (Phi) is 3.64. The van der Waals surface area contributed by atoms with Crippen molar-refractivity contribution in [3.8, 4) is 0 Å². The summed E-state index contributed by atoms with van der Waals surface area (Å²) < 4.78 is 0. The molecule has 0 radical (unpaired) electrons. The first kappa shape index (κ1) is 15.0. The standard InChI is InChI=1S/C15H20N2O2S2/c1-14(2,3)10-8-21-11(16-10)7-17-12(18)6-15(13(17)19)4-5-20-9-15/h8H,4-7,9H2,1-3H3/t15-/m0/s1. The van der Waals surface area contributed by atoms with Crippen LogP contribution in [0, 0.1) is 5.41 Å². The summed E-state index contributed by atoms with van der Waals surface area (Å²) in [6.45, 7) is 6.68. The van der Waals surface area contributed by atoms with Crippen LogP contribution in [0.25, 0.3) is 0 Å². The minimum absolute atomic E-state index is 0.00288. The molecule has 3 rings (SSSR count). The lowest BCUT2D eigenvalue weighted by Crippen LogP contribution is -2.35. The summed E-state index contributed by atoms with van der Waals surface area (Å²) in [5.41, 5.74) is 0.607. The molecule has 1 aromatic heterocycles. The van der Waals surface area contributed by atoms with Crippen LogP contribution < -0.4 is 0 Å². The highest BCUT2D eigenvalue weighted by Gasteiger charge is 2.53. The molecule has 1 aromatic rings. The molecular weight excluding hydrogens is 304 g/mol. The SMILES string of the molecule is CC(C)(C)c1csc(CN2C(=O)C[C@]3(CCSC3)C2=O)n1. The van der Waals surface area contributed by atoms with Crippen molar-refractivity contribution in [1.82, 2.24) is 9.88 Å². The maximum Gasteiger partial charge on any atom is 0.237 e. The van der Waals surface area contributed by atoms with Gasteiger partial charge in [0.25, 0.3) is 0 Å². The number of rotatable bonds is 2. The molecule has 2 saturated heterocycles. The number of carbonyl (C=O) groups excluding carboxylic acids is 2. The number of nitrogens with zero attached hydrogens (tertiary/aromatic N) is 2. The molecule has 1 spiro atoms. The van der Waals surface area contributed by atoms with Crippen LogP contribution in [-0.2, 0) is 21.5 Å². The molecule has 2 aliphatic rings. The van der Waals surface area contributed by atoms with E-state index in [1.807, 2.05) is 5.38 Å². The Bertz CT molecular complexity index is 583. The smallest absolute Gasteiger partial charge is 0.237 e. The zero-order chi connectivity index (χ0) is 15.3. The molecule has 2 fully saturated rings. The Morgan fingerprint density at radius 1 is 1.38 bits per heavy atom. The van der Waals surface area contributed by atoms with Gasteiger partial charge in [-0.25, -0.2) is 4.98 Å². The lowest BCUT2D eigenvalue weighted by atomic mass is 9.86. The van der Waals surface area contributed by atoms with Crippen molar-refractivity contribution in [2.24, 2.45) is 5.41 Å². The third kappa shape index (κ3) is 2.63. The first-order valence-corrected chi connectivity index (χ1v) is 9.23. The lowest BCUT2D eigenvalue weighted by molar-refractivity contribution is -0.141. The van der Waals surface area contributed by atoms with Crippen LogP contribution in [0.1, 0.15) is 44.3 Å². The minimum atomic E-state index is -0.411. The fourth-order valence-corrected chi connectivity index (χ4v) is 5.25. The molecule has 21 heavy (non-hydrogen) atoms. The number of carbonyl (C=O) groups is 2. The third-order valence-electron chi connectivity index (χ3n) is 4.21. The summed E-state index contributed by atoms with van der Waals surface area (Å²) in [6.07, 6.45) is 1.22. The van der Waals surface area contributed by atoms with Gasteiger partial charge >= 0.3 is 0 Å². The second-order valence-corrected chi connectivity index (χ2v) is 8.97. The first-order valence-electron chi connectivity index (χ1n) is 7.19. The number of aromatic nitrogens is 1. The number of likely N-dealkylation sites (tertiary alicyclic amines) is 1. The summed E-state index contributed by atoms with van der Waals surface area (Å²) in [5.74, 6) is 1.76. The second kappa shape index (κ2) is 5.09. The fourth-order valence-electron chi connectivity index (χ4n) is 2.80. The Balaban J connectivity index is 1.77. The predicted molar refractivity (Wildman–Crippen MR) is 85.4 cm³/mol. The maximum atomic E-state index is 12.6. The van der Waals surface area contributed by atoms with Crippen molar-refractivity contribution in [2.45, 2.75) is 45.6 Å². The number of amides is 2. The average Bonchev–Trinajstić information content (AvgIpc) is 3.07. The van der Waals surface area contributed by atoms with Gasteiger partial charge in [-0.05, 0) is 12.2 Å². The molecule has 3 heterocycles. The Morgan fingerprint density at radius 3 is 2.71 bits per heavy atom. The number of thiazole rings is 1. The van der Waals surface area contributed by atoms with Crippen LogP contribution >= 0.6 is 23.1 Å². The van der Waals surface area contributed by atoms with Gasteiger partial charge in [-0.2, -0.15) is 11.8 Å². The van der Waals surface area contributed by atoms with Gasteiger partial charge in [-0.1, -0.05) is 20.8 Å². The van der Waals surface area contributed by atoms with Gasteiger partial charge in [0.05, 0.1) is 17.7 Å². The predicted octanol–water partition coefficient (Wildman–Crippen LogP) is 2.82. The topological polar surface area (TPSA) is 50.3 Å². The Labute approximate surface area is 133 Å². The van der Waals surface area contributed by atoms with Crippen LogP contribution in [-0.4, -0.2) is 33.2 Å². The summed E-state index contributed by atoms with van der Waals surface area (Å²) in [4.78, 5) is 30.9. The van der Waals surface area contributed by atoms with E-state index >= 15 is 0 Å². The van der Waals surface area contributed by atoms with Crippen molar-refractivity contribution in [2.75, 3.05) is 11.5 Å². The van der Waals surface area contributed by atoms with Crippen LogP contribution in [0.3, 0.4) is 0 Å². The first-order chi connectivity index (χ1) is 9.82. The van der Waals surface area contributed by atoms with Gasteiger partial charge in [-0.15, -0.1) is 11.3 Å². The molecule has 0 aliphatic carbocycles. The van der Waals surface area contributed by atoms with E-state index in [2.05, 4.69) is 25.8 Å². The number of hydrogen-bond donors (Lipinski definition) is 0. The highest BCUT2D eigenvalue weighted by Crippen LogP contribution is 2.45. The zero-order valence-electron chi connectivity index (χ0n) is 12.6. The molecule has 2 amide bonds. The number of thioether (sulfide) groups is 1. The van der Waals surface area contributed by atoms with Gasteiger partial charge in [0.15, 0.2) is 0 Å². The highest BCUT2D eigenvalue weighted by atomic mass is 32.2. The van der Waals surface area contributed by atoms with Crippen molar-refractivity contribution in [3.63, 3.8) is 0 Å². The summed E-state index contributed by atoms with van der Waals surface area (Å²) in [6, 6.07) is 0. The van der Waals surface area contributed by atoms with E-state index in [0.29, 0.717) is 13.0 Å². The maximum absolute atomic E-state index is 12.6. The van der Waals surface area contributed by atoms with Crippen LogP contribution in [0.4, 0.5) is 0 Å². The Hall–Kier alpha value is -0.880. The normalized spacial score (nSPS) is 26.3. The largest absolute Gasteiger partial charge is 0.275 e. The van der Waals surface area contributed by atoms with Crippen molar-refractivity contribution in [3.05, 3.63) is 16.1 Å². The molecule has 1 atom stereocenters. The van der Waals surface area contributed by atoms with Crippen LogP contribution in [0.5, 0.6) is 0 Å². The molecular formula is C15H20N2O2S2. The monoisotopic (exact) mass is 324 g/mol.